The van der Waals surface area contributed by atoms with Crippen LogP contribution in [0.3, 0.4) is 0 Å². The second-order valence-corrected chi connectivity index (χ2v) is 10.5. The van der Waals surface area contributed by atoms with Crippen LogP contribution in [0.25, 0.3) is 21.0 Å². The van der Waals surface area contributed by atoms with E-state index in [4.69, 9.17) is 9.84 Å². The minimum absolute atomic E-state index is 0.00658. The topological polar surface area (TPSA) is 96.7 Å². The molecule has 0 spiro atoms. The maximum Gasteiger partial charge on any atom is 0.433 e. The maximum atomic E-state index is 13.8. The molecule has 0 saturated carbocycles. The van der Waals surface area contributed by atoms with Crippen LogP contribution in [-0.2, 0) is 12.7 Å². The standard InChI is InChI=1S/C27H27F3N4O4S/c1-38-22-21-23(39-24(22)25(36)32-17-8-10-33(11-9-17)12-13-35)18-4-2-3-5-19(18)34(26(21)37)15-16-6-7-20(31-14-16)27(28,29)30/h2-7,14,17,35H,8-13,15H2,1H3,(H,32,36). The second-order valence-electron chi connectivity index (χ2n) is 9.44. The number of benzene rings is 1. The summed E-state index contributed by atoms with van der Waals surface area (Å²) in [7, 11) is 1.41. The van der Waals surface area contributed by atoms with E-state index in [1.807, 2.05) is 12.1 Å². The van der Waals surface area contributed by atoms with Crippen LogP contribution in [0.2, 0.25) is 0 Å². The summed E-state index contributed by atoms with van der Waals surface area (Å²) in [5, 5.41) is 13.2. The Morgan fingerprint density at radius 2 is 1.95 bits per heavy atom. The number of aliphatic hydroxyl groups is 1. The van der Waals surface area contributed by atoms with Crippen LogP contribution in [0.15, 0.2) is 47.4 Å². The lowest BCUT2D eigenvalue weighted by Gasteiger charge is -2.31. The Morgan fingerprint density at radius 1 is 1.21 bits per heavy atom. The summed E-state index contributed by atoms with van der Waals surface area (Å²) in [6, 6.07) is 9.36. The molecule has 8 nitrogen and oxygen atoms in total. The monoisotopic (exact) mass is 560 g/mol. The van der Waals surface area contributed by atoms with Crippen molar-refractivity contribution in [1.82, 2.24) is 19.8 Å². The molecule has 0 atom stereocenters. The zero-order chi connectivity index (χ0) is 27.7. The highest BCUT2D eigenvalue weighted by Gasteiger charge is 2.32. The number of thiophene rings is 1. The number of fused-ring (bicyclic) bond motifs is 3. The number of halogens is 3. The van der Waals surface area contributed by atoms with Gasteiger partial charge in [-0.2, -0.15) is 13.2 Å². The number of likely N-dealkylation sites (tertiary alicyclic amines) is 1. The van der Waals surface area contributed by atoms with Crippen LogP contribution in [0.1, 0.15) is 33.8 Å². The average Bonchev–Trinajstić information content (AvgIpc) is 3.32. The number of nitrogens with one attached hydrogen (secondary N) is 1. The SMILES string of the molecule is COc1c(C(=O)NC2CCN(CCO)CC2)sc2c1c(=O)n(Cc1ccc(C(F)(F)F)nc1)c1ccccc21. The molecule has 2 N–H and O–H groups in total. The van der Waals surface area contributed by atoms with Gasteiger partial charge in [-0.15, -0.1) is 11.3 Å². The van der Waals surface area contributed by atoms with Crippen molar-refractivity contribution in [3.8, 4) is 5.75 Å². The third kappa shape index (κ3) is 5.36. The predicted molar refractivity (Wildman–Crippen MR) is 142 cm³/mol. The smallest absolute Gasteiger partial charge is 0.433 e. The minimum atomic E-state index is -4.56. The van der Waals surface area contributed by atoms with E-state index in [1.54, 1.807) is 12.1 Å². The summed E-state index contributed by atoms with van der Waals surface area (Å²) in [5.41, 5.74) is -0.405. The molecule has 0 bridgehead atoms. The molecule has 39 heavy (non-hydrogen) atoms. The molecule has 0 aliphatic carbocycles. The Morgan fingerprint density at radius 3 is 2.59 bits per heavy atom. The normalized spacial score (nSPS) is 15.2. The van der Waals surface area contributed by atoms with Gasteiger partial charge in [0.2, 0.25) is 0 Å². The third-order valence-corrected chi connectivity index (χ3v) is 8.17. The number of aliphatic hydroxyl groups excluding tert-OH is 1. The highest BCUT2D eigenvalue weighted by atomic mass is 32.1. The number of pyridine rings is 2. The average molecular weight is 561 g/mol. The van der Waals surface area contributed by atoms with E-state index in [0.29, 0.717) is 27.2 Å². The number of alkyl halides is 3. The van der Waals surface area contributed by atoms with Gasteiger partial charge in [-0.25, -0.2) is 0 Å². The second kappa shape index (κ2) is 10.9. The van der Waals surface area contributed by atoms with Gasteiger partial charge in [-0.05, 0) is 30.5 Å². The van der Waals surface area contributed by atoms with Crippen LogP contribution >= 0.6 is 11.3 Å². The van der Waals surface area contributed by atoms with Gasteiger partial charge in [0.25, 0.3) is 11.5 Å². The molecule has 206 valence electrons. The van der Waals surface area contributed by atoms with E-state index in [1.165, 1.54) is 29.1 Å². The number of piperidine rings is 1. The molecule has 1 amide bonds. The van der Waals surface area contributed by atoms with E-state index in [-0.39, 0.29) is 36.2 Å². The lowest BCUT2D eigenvalue weighted by molar-refractivity contribution is -0.141. The van der Waals surface area contributed by atoms with Gasteiger partial charge in [-0.1, -0.05) is 24.3 Å². The van der Waals surface area contributed by atoms with Gasteiger partial charge >= 0.3 is 6.18 Å². The summed E-state index contributed by atoms with van der Waals surface area (Å²) < 4.78 is 46.6. The van der Waals surface area contributed by atoms with Crippen molar-refractivity contribution >= 4 is 38.2 Å². The zero-order valence-electron chi connectivity index (χ0n) is 21.1. The molecule has 4 aromatic rings. The number of aromatic nitrogens is 2. The Hall–Kier alpha value is -3.48. The number of hydrogen-bond acceptors (Lipinski definition) is 7. The maximum absolute atomic E-state index is 13.8. The van der Waals surface area contributed by atoms with Gasteiger partial charge in [0, 0.05) is 37.3 Å². The summed E-state index contributed by atoms with van der Waals surface area (Å²) in [5.74, 6) is -0.143. The number of ether oxygens (including phenoxy) is 1. The third-order valence-electron chi connectivity index (χ3n) is 6.97. The zero-order valence-corrected chi connectivity index (χ0v) is 21.9. The van der Waals surface area contributed by atoms with Crippen LogP contribution in [0.4, 0.5) is 13.2 Å². The van der Waals surface area contributed by atoms with E-state index in [0.717, 1.165) is 43.6 Å². The lowest BCUT2D eigenvalue weighted by Crippen LogP contribution is -2.45. The van der Waals surface area contributed by atoms with E-state index in [2.05, 4.69) is 15.2 Å². The van der Waals surface area contributed by atoms with Crippen molar-refractivity contribution in [1.29, 1.82) is 0 Å². The molecule has 5 rings (SSSR count). The van der Waals surface area contributed by atoms with Crippen molar-refractivity contribution in [3.63, 3.8) is 0 Å². The van der Waals surface area contributed by atoms with Gasteiger partial charge in [-0.3, -0.25) is 14.6 Å². The highest BCUT2D eigenvalue weighted by Crippen LogP contribution is 2.40. The number of amides is 1. The number of methoxy groups -OCH3 is 1. The van der Waals surface area contributed by atoms with Crippen molar-refractivity contribution < 1.29 is 27.8 Å². The Balaban J connectivity index is 1.52. The van der Waals surface area contributed by atoms with Crippen LogP contribution in [0, 0.1) is 0 Å². The summed E-state index contributed by atoms with van der Waals surface area (Å²) in [4.78, 5) is 33.1. The molecule has 1 fully saturated rings. The van der Waals surface area contributed by atoms with E-state index < -0.39 is 17.4 Å². The molecule has 3 aromatic heterocycles. The Bertz CT molecular complexity index is 1560. The molecular weight excluding hydrogens is 533 g/mol. The van der Waals surface area contributed by atoms with Gasteiger partial charge in [0.1, 0.15) is 16.0 Å². The first-order valence-electron chi connectivity index (χ1n) is 12.5. The first kappa shape index (κ1) is 27.1. The molecule has 4 heterocycles. The predicted octanol–water partition coefficient (Wildman–Crippen LogP) is 3.87. The first-order valence-corrected chi connectivity index (χ1v) is 13.3. The van der Waals surface area contributed by atoms with Gasteiger partial charge in [0.15, 0.2) is 5.75 Å². The number of carbonyl (C=O) groups excluding carboxylic acids is 1. The minimum Gasteiger partial charge on any atom is -0.494 e. The van der Waals surface area contributed by atoms with Crippen molar-refractivity contribution in [2.45, 2.75) is 31.6 Å². The molecule has 1 aliphatic heterocycles. The Labute approximate surface area is 225 Å². The molecule has 1 saturated heterocycles. The lowest BCUT2D eigenvalue weighted by atomic mass is 10.0. The van der Waals surface area contributed by atoms with Gasteiger partial charge < -0.3 is 24.6 Å². The van der Waals surface area contributed by atoms with Crippen LogP contribution in [0.5, 0.6) is 5.75 Å². The fourth-order valence-corrected chi connectivity index (χ4v) is 6.21. The fourth-order valence-electron chi connectivity index (χ4n) is 5.01. The molecule has 1 aliphatic rings. The van der Waals surface area contributed by atoms with E-state index >= 15 is 0 Å². The summed E-state index contributed by atoms with van der Waals surface area (Å²) in [6.45, 7) is 2.23. The number of hydrogen-bond donors (Lipinski definition) is 2. The fraction of sp³-hybridized carbons (Fsp3) is 0.370. The van der Waals surface area contributed by atoms with Crippen molar-refractivity contribution in [2.75, 3.05) is 33.4 Å². The highest BCUT2D eigenvalue weighted by molar-refractivity contribution is 7.22. The van der Waals surface area contributed by atoms with Crippen LogP contribution < -0.4 is 15.6 Å². The summed E-state index contributed by atoms with van der Waals surface area (Å²) in [6.07, 6.45) is -1.95. The molecular formula is C27H27F3N4O4S. The number of carbonyl (C=O) groups is 1. The van der Waals surface area contributed by atoms with Gasteiger partial charge in [0.05, 0.1) is 30.5 Å². The van der Waals surface area contributed by atoms with Crippen LogP contribution in [-0.4, -0.2) is 64.9 Å². The van der Waals surface area contributed by atoms with Crippen molar-refractivity contribution in [3.05, 3.63) is 69.1 Å². The molecule has 1 aromatic carbocycles. The van der Waals surface area contributed by atoms with Crippen molar-refractivity contribution in [2.24, 2.45) is 0 Å². The quantitative estimate of drug-likeness (QED) is 0.356. The summed E-state index contributed by atoms with van der Waals surface area (Å²) >= 11 is 1.19. The largest absolute Gasteiger partial charge is 0.494 e. The number of para-hydroxylation sites is 1. The Kier molecular flexibility index (Phi) is 7.61. The molecule has 0 radical (unpaired) electrons. The molecule has 0 unspecified atom stereocenters. The first-order chi connectivity index (χ1) is 18.7. The number of β-amino-alcohol motifs (C(OH)–C–C–N with tert-alkyl or cyclic N) is 1. The number of rotatable bonds is 7. The molecule has 12 heteroatoms. The number of nitrogens with zero attached hydrogens (tertiary/aromatic N) is 3. The van der Waals surface area contributed by atoms with E-state index in [9.17, 15) is 22.8 Å².